The van der Waals surface area contributed by atoms with Crippen molar-refractivity contribution in [1.29, 1.82) is 0 Å². The smallest absolute Gasteiger partial charge is 0.465 e. The molecule has 1 saturated carbocycles. The maximum absolute atomic E-state index is 12.4. The molecule has 1 amide bonds. The second-order valence-electron chi connectivity index (χ2n) is 10.2. The lowest BCUT2D eigenvalue weighted by Crippen LogP contribution is -2.49. The van der Waals surface area contributed by atoms with Crippen molar-refractivity contribution in [3.05, 3.63) is 60.4 Å². The van der Waals surface area contributed by atoms with Crippen LogP contribution in [0.3, 0.4) is 0 Å². The highest BCUT2D eigenvalue weighted by Gasteiger charge is 2.37. The summed E-state index contributed by atoms with van der Waals surface area (Å²) < 4.78 is 42.5. The maximum Gasteiger partial charge on any atom is 0.573 e. The van der Waals surface area contributed by atoms with Gasteiger partial charge in [0.05, 0.1) is 5.69 Å². The van der Waals surface area contributed by atoms with Crippen molar-refractivity contribution in [3.63, 3.8) is 0 Å². The van der Waals surface area contributed by atoms with Gasteiger partial charge in [0.1, 0.15) is 12.1 Å². The molecule has 192 valence electrons. The van der Waals surface area contributed by atoms with Crippen molar-refractivity contribution < 1.29 is 27.8 Å². The number of halogens is 3. The molecule has 4 rings (SSSR count). The van der Waals surface area contributed by atoms with Crippen LogP contribution < -0.4 is 4.74 Å². The fourth-order valence-corrected chi connectivity index (χ4v) is 4.13. The van der Waals surface area contributed by atoms with E-state index in [2.05, 4.69) is 35.6 Å². The van der Waals surface area contributed by atoms with Gasteiger partial charge in [0.2, 0.25) is 0 Å². The number of carboxylic acid groups (broad SMARTS) is 1. The van der Waals surface area contributed by atoms with E-state index in [1.54, 1.807) is 4.90 Å². The number of hydrogen-bond donors (Lipinski definition) is 1. The molecule has 0 bridgehead atoms. The lowest BCUT2D eigenvalue weighted by atomic mass is 9.81. The number of alkyl halides is 3. The van der Waals surface area contributed by atoms with Crippen LogP contribution in [-0.2, 0) is 6.42 Å². The first kappa shape index (κ1) is 25.5. The second kappa shape index (κ2) is 9.83. The van der Waals surface area contributed by atoms with Crippen LogP contribution in [0.5, 0.6) is 5.75 Å². The molecule has 3 aromatic rings. The Morgan fingerprint density at radius 2 is 1.75 bits per heavy atom. The van der Waals surface area contributed by atoms with Crippen molar-refractivity contribution in [1.82, 2.24) is 19.7 Å². The number of aromatic nitrogens is 3. The van der Waals surface area contributed by atoms with Crippen molar-refractivity contribution in [2.24, 2.45) is 11.3 Å². The molecule has 0 aliphatic heterocycles. The van der Waals surface area contributed by atoms with Crippen LogP contribution in [0, 0.1) is 11.3 Å². The van der Waals surface area contributed by atoms with Crippen LogP contribution in [-0.4, -0.2) is 49.8 Å². The fraction of sp³-hybridized carbons (Fsp3) is 0.423. The Morgan fingerprint density at radius 3 is 2.28 bits per heavy atom. The largest absolute Gasteiger partial charge is 0.573 e. The van der Waals surface area contributed by atoms with Gasteiger partial charge in [0.25, 0.3) is 0 Å². The zero-order valence-electron chi connectivity index (χ0n) is 20.4. The molecule has 1 unspecified atom stereocenters. The van der Waals surface area contributed by atoms with Gasteiger partial charge >= 0.3 is 12.5 Å². The van der Waals surface area contributed by atoms with Gasteiger partial charge in [0, 0.05) is 18.2 Å². The second-order valence-corrected chi connectivity index (χ2v) is 10.2. The van der Waals surface area contributed by atoms with E-state index in [4.69, 9.17) is 0 Å². The van der Waals surface area contributed by atoms with E-state index in [1.165, 1.54) is 35.3 Å². The van der Waals surface area contributed by atoms with Gasteiger partial charge in [0.15, 0.2) is 5.82 Å². The third kappa shape index (κ3) is 6.56. The molecule has 0 saturated heterocycles. The molecule has 1 aliphatic rings. The molecular formula is C26H29F3N4O3. The lowest BCUT2D eigenvalue weighted by Gasteiger charge is -2.39. The lowest BCUT2D eigenvalue weighted by molar-refractivity contribution is -0.274. The monoisotopic (exact) mass is 502 g/mol. The first-order valence-corrected chi connectivity index (χ1v) is 11.8. The molecule has 1 atom stereocenters. The summed E-state index contributed by atoms with van der Waals surface area (Å²) in [6.07, 6.45) is -1.38. The summed E-state index contributed by atoms with van der Waals surface area (Å²) in [7, 11) is 0. The van der Waals surface area contributed by atoms with E-state index in [9.17, 15) is 23.1 Å². The molecule has 1 N–H and O–H groups in total. The van der Waals surface area contributed by atoms with E-state index in [0.29, 0.717) is 30.4 Å². The first-order chi connectivity index (χ1) is 16.9. The highest BCUT2D eigenvalue weighted by atomic mass is 19.4. The summed E-state index contributed by atoms with van der Waals surface area (Å²) in [5.74, 6) is 0.614. The van der Waals surface area contributed by atoms with Gasteiger partial charge in [-0.25, -0.2) is 14.5 Å². The van der Waals surface area contributed by atoms with Gasteiger partial charge in [-0.2, -0.15) is 0 Å². The SMILES string of the molecule is CC(C)(C)C(Cc1ccc(-c2ncn(-c3ccc(OC(F)(F)F)cc3)n2)cc1)N(CC1CC1)C(=O)O. The molecule has 0 spiro atoms. The third-order valence-corrected chi connectivity index (χ3v) is 6.24. The van der Waals surface area contributed by atoms with Crippen molar-refractivity contribution in [3.8, 4) is 22.8 Å². The summed E-state index contributed by atoms with van der Waals surface area (Å²) in [6.45, 7) is 6.76. The summed E-state index contributed by atoms with van der Waals surface area (Å²) in [5.41, 5.74) is 2.10. The molecule has 36 heavy (non-hydrogen) atoms. The quantitative estimate of drug-likeness (QED) is 0.398. The Kier molecular flexibility index (Phi) is 6.97. The minimum absolute atomic E-state index is 0.164. The van der Waals surface area contributed by atoms with Crippen LogP contribution in [0.4, 0.5) is 18.0 Å². The minimum atomic E-state index is -4.75. The zero-order valence-corrected chi connectivity index (χ0v) is 20.4. The first-order valence-electron chi connectivity index (χ1n) is 11.8. The molecule has 0 radical (unpaired) electrons. The number of benzene rings is 2. The fourth-order valence-electron chi connectivity index (χ4n) is 4.13. The Labute approximate surface area is 207 Å². The van der Waals surface area contributed by atoms with Crippen LogP contribution in [0.25, 0.3) is 17.1 Å². The summed E-state index contributed by atoms with van der Waals surface area (Å²) >= 11 is 0. The average Bonchev–Trinajstić information content (AvgIpc) is 3.48. The molecular weight excluding hydrogens is 473 g/mol. The third-order valence-electron chi connectivity index (χ3n) is 6.24. The highest BCUT2D eigenvalue weighted by Crippen LogP contribution is 2.34. The summed E-state index contributed by atoms with van der Waals surface area (Å²) in [4.78, 5) is 17.9. The van der Waals surface area contributed by atoms with Gasteiger partial charge in [-0.1, -0.05) is 45.0 Å². The maximum atomic E-state index is 12.4. The predicted octanol–water partition coefficient (Wildman–Crippen LogP) is 6.18. The highest BCUT2D eigenvalue weighted by molar-refractivity contribution is 5.66. The molecule has 1 fully saturated rings. The van der Waals surface area contributed by atoms with Crippen molar-refractivity contribution in [2.45, 2.75) is 52.4 Å². The van der Waals surface area contributed by atoms with E-state index in [0.717, 1.165) is 24.0 Å². The zero-order chi connectivity index (χ0) is 26.1. The van der Waals surface area contributed by atoms with Gasteiger partial charge in [-0.3, -0.25) is 0 Å². The normalized spacial score (nSPS) is 14.9. The number of nitrogens with zero attached hydrogens (tertiary/aromatic N) is 4. The molecule has 2 aromatic carbocycles. The van der Waals surface area contributed by atoms with E-state index in [1.807, 2.05) is 24.3 Å². The molecule has 7 nitrogen and oxygen atoms in total. The summed E-state index contributed by atoms with van der Waals surface area (Å²) in [5, 5.41) is 14.3. The van der Waals surface area contributed by atoms with Crippen LogP contribution >= 0.6 is 0 Å². The number of carbonyl (C=O) groups is 1. The van der Waals surface area contributed by atoms with Gasteiger partial charge in [-0.15, -0.1) is 18.3 Å². The molecule has 10 heteroatoms. The van der Waals surface area contributed by atoms with Crippen LogP contribution in [0.1, 0.15) is 39.2 Å². The van der Waals surface area contributed by atoms with E-state index in [-0.39, 0.29) is 17.2 Å². The Balaban J connectivity index is 1.47. The molecule has 1 aromatic heterocycles. The topological polar surface area (TPSA) is 80.5 Å². The summed E-state index contributed by atoms with van der Waals surface area (Å²) in [6, 6.07) is 12.9. The number of hydrogen-bond acceptors (Lipinski definition) is 4. The van der Waals surface area contributed by atoms with E-state index >= 15 is 0 Å². The molecule has 1 heterocycles. The Bertz CT molecular complexity index is 1180. The Morgan fingerprint density at radius 1 is 1.11 bits per heavy atom. The predicted molar refractivity (Wildman–Crippen MR) is 128 cm³/mol. The van der Waals surface area contributed by atoms with E-state index < -0.39 is 12.5 Å². The number of rotatable bonds is 8. The standard InChI is InChI=1S/C26H29F3N4O3/c1-25(2,3)22(32(24(34)35)15-18-4-5-18)14-17-6-8-19(9-7-17)23-30-16-33(31-23)20-10-12-21(13-11-20)36-26(27,28)29/h6-13,16,18,22H,4-5,14-15H2,1-3H3,(H,34,35). The van der Waals surface area contributed by atoms with Crippen molar-refractivity contribution in [2.75, 3.05) is 6.54 Å². The molecule has 1 aliphatic carbocycles. The van der Waals surface area contributed by atoms with Gasteiger partial charge < -0.3 is 14.7 Å². The Hall–Kier alpha value is -3.56. The van der Waals surface area contributed by atoms with Crippen LogP contribution in [0.2, 0.25) is 0 Å². The minimum Gasteiger partial charge on any atom is -0.465 e. The number of amides is 1. The number of ether oxygens (including phenoxy) is 1. The van der Waals surface area contributed by atoms with Gasteiger partial charge in [-0.05, 0) is 60.4 Å². The van der Waals surface area contributed by atoms with Crippen LogP contribution in [0.15, 0.2) is 54.9 Å². The van der Waals surface area contributed by atoms with Crippen molar-refractivity contribution >= 4 is 6.09 Å². The average molecular weight is 503 g/mol.